The van der Waals surface area contributed by atoms with Crippen molar-refractivity contribution in [2.75, 3.05) is 26.2 Å². The molecule has 4 rings (SSSR count). The Morgan fingerprint density at radius 3 is 2.56 bits per heavy atom. The highest BCUT2D eigenvalue weighted by molar-refractivity contribution is 5.96. The predicted octanol–water partition coefficient (Wildman–Crippen LogP) is 1.98. The van der Waals surface area contributed by atoms with Gasteiger partial charge in [-0.25, -0.2) is 14.8 Å². The number of amides is 2. The van der Waals surface area contributed by atoms with E-state index in [1.807, 2.05) is 44.2 Å². The lowest BCUT2D eigenvalue weighted by Crippen LogP contribution is -2.63. The zero-order chi connectivity index (χ0) is 19.0. The fraction of sp³-hybridized carbons (Fsp3) is 0.400. The molecule has 2 amide bonds. The third-order valence-corrected chi connectivity index (χ3v) is 5.44. The predicted molar refractivity (Wildman–Crippen MR) is 98.3 cm³/mol. The van der Waals surface area contributed by atoms with E-state index >= 15 is 0 Å². The molecular weight excluding hydrogens is 344 g/mol. The van der Waals surface area contributed by atoms with Crippen LogP contribution in [0.5, 0.6) is 0 Å². The number of fused-ring (bicyclic) bond motifs is 1. The van der Waals surface area contributed by atoms with E-state index in [0.29, 0.717) is 43.0 Å². The molecule has 0 bridgehead atoms. The lowest BCUT2D eigenvalue weighted by atomic mass is 9.88. The number of ether oxygens (including phenoxy) is 1. The number of rotatable bonds is 3. The molecule has 7 nitrogen and oxygen atoms in total. The first-order chi connectivity index (χ1) is 13.0. The smallest absolute Gasteiger partial charge is 0.410 e. The number of nitrogens with zero attached hydrogens (tertiary/aromatic N) is 4. The normalized spacial score (nSPS) is 21.8. The van der Waals surface area contributed by atoms with Gasteiger partial charge in [0.15, 0.2) is 0 Å². The van der Waals surface area contributed by atoms with E-state index in [-0.39, 0.29) is 18.6 Å². The van der Waals surface area contributed by atoms with Gasteiger partial charge < -0.3 is 9.64 Å². The maximum atomic E-state index is 13.2. The summed E-state index contributed by atoms with van der Waals surface area (Å²) in [5.41, 5.74) is 2.47. The van der Waals surface area contributed by atoms with Crippen LogP contribution in [-0.2, 0) is 11.2 Å². The summed E-state index contributed by atoms with van der Waals surface area (Å²) >= 11 is 0. The summed E-state index contributed by atoms with van der Waals surface area (Å²) in [6.45, 7) is 5.29. The minimum atomic E-state index is -0.538. The maximum Gasteiger partial charge on any atom is 0.410 e. The standard InChI is InChI=1S/C20H22N4O3/c1-14-17(15(2)22-13-21-14)18(25)23-8-9-24-19(26)27-12-20(24,11-23)10-16-6-4-3-5-7-16/h3-7,13H,8-12H2,1-2H3. The number of aryl methyl sites for hydroxylation is 2. The summed E-state index contributed by atoms with van der Waals surface area (Å²) in [4.78, 5) is 37.4. The fourth-order valence-electron chi connectivity index (χ4n) is 4.07. The van der Waals surface area contributed by atoms with Crippen LogP contribution in [0.1, 0.15) is 27.3 Å². The van der Waals surface area contributed by atoms with E-state index in [1.54, 1.807) is 9.80 Å². The largest absolute Gasteiger partial charge is 0.447 e. The molecule has 0 radical (unpaired) electrons. The Hall–Kier alpha value is -2.96. The van der Waals surface area contributed by atoms with Gasteiger partial charge in [-0.1, -0.05) is 30.3 Å². The van der Waals surface area contributed by atoms with E-state index in [4.69, 9.17) is 4.74 Å². The number of cyclic esters (lactones) is 1. The van der Waals surface area contributed by atoms with Gasteiger partial charge >= 0.3 is 6.09 Å². The quantitative estimate of drug-likeness (QED) is 0.830. The number of piperazine rings is 1. The monoisotopic (exact) mass is 366 g/mol. The van der Waals surface area contributed by atoms with Crippen LogP contribution in [0.3, 0.4) is 0 Å². The zero-order valence-electron chi connectivity index (χ0n) is 15.5. The second kappa shape index (κ2) is 6.64. The van der Waals surface area contributed by atoms with Crippen LogP contribution in [0.25, 0.3) is 0 Å². The molecule has 2 aliphatic heterocycles. The number of aromatic nitrogens is 2. The first kappa shape index (κ1) is 17.5. The molecule has 1 unspecified atom stereocenters. The molecule has 2 fully saturated rings. The van der Waals surface area contributed by atoms with Gasteiger partial charge in [-0.15, -0.1) is 0 Å². The first-order valence-corrected chi connectivity index (χ1v) is 9.06. The number of hydrogen-bond donors (Lipinski definition) is 0. The summed E-state index contributed by atoms with van der Waals surface area (Å²) in [6, 6.07) is 10.00. The van der Waals surface area contributed by atoms with Gasteiger partial charge in [-0.05, 0) is 19.4 Å². The maximum absolute atomic E-state index is 13.2. The summed E-state index contributed by atoms with van der Waals surface area (Å²) in [5.74, 6) is -0.0861. The summed E-state index contributed by atoms with van der Waals surface area (Å²) in [6.07, 6.45) is 1.82. The van der Waals surface area contributed by atoms with E-state index in [9.17, 15) is 9.59 Å². The molecule has 2 aromatic rings. The molecule has 0 saturated carbocycles. The Kier molecular flexibility index (Phi) is 4.30. The second-order valence-electron chi connectivity index (χ2n) is 7.24. The Morgan fingerprint density at radius 2 is 1.85 bits per heavy atom. The van der Waals surface area contributed by atoms with E-state index in [2.05, 4.69) is 9.97 Å². The molecular formula is C20H22N4O3. The highest BCUT2D eigenvalue weighted by Gasteiger charge is 2.51. The van der Waals surface area contributed by atoms with Crippen molar-refractivity contribution in [2.24, 2.45) is 0 Å². The molecule has 1 aromatic heterocycles. The summed E-state index contributed by atoms with van der Waals surface area (Å²) in [7, 11) is 0. The molecule has 1 atom stereocenters. The third kappa shape index (κ3) is 3.03. The van der Waals surface area contributed by atoms with Crippen molar-refractivity contribution in [3.05, 3.63) is 59.2 Å². The van der Waals surface area contributed by atoms with Gasteiger partial charge in [0.25, 0.3) is 5.91 Å². The number of carbonyl (C=O) groups excluding carboxylic acids is 2. The van der Waals surface area contributed by atoms with Crippen LogP contribution < -0.4 is 0 Å². The topological polar surface area (TPSA) is 75.6 Å². The van der Waals surface area contributed by atoms with Crippen LogP contribution in [0.4, 0.5) is 4.79 Å². The molecule has 2 saturated heterocycles. The Morgan fingerprint density at radius 1 is 1.15 bits per heavy atom. The highest BCUT2D eigenvalue weighted by Crippen LogP contribution is 2.33. The van der Waals surface area contributed by atoms with Crippen LogP contribution in [0.2, 0.25) is 0 Å². The van der Waals surface area contributed by atoms with Gasteiger partial charge in [0.2, 0.25) is 0 Å². The minimum Gasteiger partial charge on any atom is -0.447 e. The summed E-state index contributed by atoms with van der Waals surface area (Å²) in [5, 5.41) is 0. The molecule has 7 heteroatoms. The van der Waals surface area contributed by atoms with Crippen molar-refractivity contribution >= 4 is 12.0 Å². The Labute approximate surface area is 158 Å². The lowest BCUT2D eigenvalue weighted by Gasteiger charge is -2.44. The fourth-order valence-corrected chi connectivity index (χ4v) is 4.07. The second-order valence-corrected chi connectivity index (χ2v) is 7.24. The van der Waals surface area contributed by atoms with Gasteiger partial charge in [0.1, 0.15) is 18.5 Å². The molecule has 0 spiro atoms. The van der Waals surface area contributed by atoms with Crippen molar-refractivity contribution in [3.63, 3.8) is 0 Å². The van der Waals surface area contributed by atoms with Gasteiger partial charge in [-0.2, -0.15) is 0 Å². The number of hydrogen-bond acceptors (Lipinski definition) is 5. The Bertz CT molecular complexity index is 866. The van der Waals surface area contributed by atoms with Crippen molar-refractivity contribution in [3.8, 4) is 0 Å². The molecule has 1 aromatic carbocycles. The van der Waals surface area contributed by atoms with Crippen molar-refractivity contribution in [1.29, 1.82) is 0 Å². The third-order valence-electron chi connectivity index (χ3n) is 5.44. The van der Waals surface area contributed by atoms with Gasteiger partial charge in [-0.3, -0.25) is 9.69 Å². The molecule has 0 aliphatic carbocycles. The first-order valence-electron chi connectivity index (χ1n) is 9.06. The van der Waals surface area contributed by atoms with Crippen molar-refractivity contribution in [1.82, 2.24) is 19.8 Å². The molecule has 0 N–H and O–H groups in total. The van der Waals surface area contributed by atoms with Crippen molar-refractivity contribution < 1.29 is 14.3 Å². The van der Waals surface area contributed by atoms with Crippen LogP contribution in [0, 0.1) is 13.8 Å². The molecule has 3 heterocycles. The highest BCUT2D eigenvalue weighted by atomic mass is 16.6. The van der Waals surface area contributed by atoms with Crippen LogP contribution in [0.15, 0.2) is 36.7 Å². The average Bonchev–Trinajstić information content (AvgIpc) is 2.98. The van der Waals surface area contributed by atoms with E-state index < -0.39 is 5.54 Å². The molecule has 2 aliphatic rings. The van der Waals surface area contributed by atoms with Gasteiger partial charge in [0, 0.05) is 26.1 Å². The van der Waals surface area contributed by atoms with Gasteiger partial charge in [0.05, 0.1) is 17.0 Å². The van der Waals surface area contributed by atoms with Crippen molar-refractivity contribution in [2.45, 2.75) is 25.8 Å². The molecule has 140 valence electrons. The lowest BCUT2D eigenvalue weighted by molar-refractivity contribution is 0.0373. The van der Waals surface area contributed by atoms with E-state index in [1.165, 1.54) is 6.33 Å². The average molecular weight is 366 g/mol. The number of carbonyl (C=O) groups is 2. The van der Waals surface area contributed by atoms with E-state index in [0.717, 1.165) is 5.56 Å². The number of benzene rings is 1. The van der Waals surface area contributed by atoms with Crippen LogP contribution in [-0.4, -0.2) is 63.5 Å². The van der Waals surface area contributed by atoms with Crippen LogP contribution >= 0.6 is 0 Å². The SMILES string of the molecule is Cc1ncnc(C)c1C(=O)N1CCN2C(=O)OCC2(Cc2ccccc2)C1. The molecule has 27 heavy (non-hydrogen) atoms. The summed E-state index contributed by atoms with van der Waals surface area (Å²) < 4.78 is 5.38. The minimum absolute atomic E-state index is 0.0861. The Balaban J connectivity index is 1.64. The zero-order valence-corrected chi connectivity index (χ0v) is 15.5.